The molecule has 5 rings (SSSR count). The summed E-state index contributed by atoms with van der Waals surface area (Å²) in [5.74, 6) is 0.103. The molecule has 8 nitrogen and oxygen atoms in total. The van der Waals surface area contributed by atoms with E-state index in [1.807, 2.05) is 38.1 Å². The summed E-state index contributed by atoms with van der Waals surface area (Å²) in [7, 11) is 1.65. The highest BCUT2D eigenvalue weighted by Crippen LogP contribution is 2.40. The Hall–Kier alpha value is -3.43. The number of hydrogen-bond donors (Lipinski definition) is 1. The quantitative estimate of drug-likeness (QED) is 0.243. The fourth-order valence-corrected chi connectivity index (χ4v) is 7.19. The summed E-state index contributed by atoms with van der Waals surface area (Å²) in [4.78, 5) is 32.3. The van der Waals surface area contributed by atoms with Gasteiger partial charge in [0.05, 0.1) is 30.9 Å². The Bertz CT molecular complexity index is 1580. The van der Waals surface area contributed by atoms with Gasteiger partial charge in [-0.1, -0.05) is 37.5 Å². The first-order valence-corrected chi connectivity index (χ1v) is 14.6. The van der Waals surface area contributed by atoms with Crippen LogP contribution < -0.4 is 10.3 Å². The van der Waals surface area contributed by atoms with Crippen molar-refractivity contribution in [2.45, 2.75) is 83.8 Å². The lowest BCUT2D eigenvalue weighted by Crippen LogP contribution is -2.38. The van der Waals surface area contributed by atoms with Gasteiger partial charge in [0.25, 0.3) is 5.56 Å². The largest absolute Gasteiger partial charge is 0.496 e. The van der Waals surface area contributed by atoms with Crippen molar-refractivity contribution in [2.75, 3.05) is 7.11 Å². The molecule has 1 aliphatic rings. The van der Waals surface area contributed by atoms with Crippen molar-refractivity contribution in [3.63, 3.8) is 0 Å². The van der Waals surface area contributed by atoms with E-state index >= 15 is 0 Å². The van der Waals surface area contributed by atoms with Crippen LogP contribution in [0, 0.1) is 13.8 Å². The van der Waals surface area contributed by atoms with Crippen molar-refractivity contribution in [1.29, 1.82) is 0 Å². The van der Waals surface area contributed by atoms with Crippen LogP contribution >= 0.6 is 11.3 Å². The predicted molar refractivity (Wildman–Crippen MR) is 155 cm³/mol. The molecule has 3 aromatic heterocycles. The van der Waals surface area contributed by atoms with E-state index in [4.69, 9.17) is 13.9 Å². The second-order valence-corrected chi connectivity index (χ2v) is 12.0. The van der Waals surface area contributed by atoms with Crippen molar-refractivity contribution >= 4 is 22.1 Å². The lowest BCUT2D eigenvalue weighted by atomic mass is 9.81. The summed E-state index contributed by atoms with van der Waals surface area (Å²) in [5, 5.41) is 10.2. The van der Waals surface area contributed by atoms with Crippen LogP contribution in [0.4, 0.5) is 0 Å². The number of aryl methyl sites for hydroxylation is 1. The lowest BCUT2D eigenvalue weighted by molar-refractivity contribution is -0.142. The molecule has 0 spiro atoms. The second kappa shape index (κ2) is 11.2. The molecule has 3 heterocycles. The van der Waals surface area contributed by atoms with Gasteiger partial charge >= 0.3 is 5.97 Å². The van der Waals surface area contributed by atoms with Crippen LogP contribution in [0.1, 0.15) is 80.0 Å². The maximum absolute atomic E-state index is 14.0. The first-order valence-electron chi connectivity index (χ1n) is 13.7. The first kappa shape index (κ1) is 28.1. The first-order chi connectivity index (χ1) is 19.1. The number of nitrogens with zero attached hydrogens (tertiary/aromatic N) is 2. The van der Waals surface area contributed by atoms with Gasteiger partial charge in [0.2, 0.25) is 5.89 Å². The number of carboxylic acids is 1. The molecule has 0 unspecified atom stereocenters. The van der Waals surface area contributed by atoms with Gasteiger partial charge in [-0.05, 0) is 57.7 Å². The normalized spacial score (nSPS) is 15.4. The third-order valence-electron chi connectivity index (χ3n) is 8.14. The number of hydrogen-bond acceptors (Lipinski definition) is 7. The number of thiazole rings is 1. The zero-order valence-electron chi connectivity index (χ0n) is 23.7. The fraction of sp³-hybridized carbons (Fsp3) is 0.452. The van der Waals surface area contributed by atoms with E-state index in [0.29, 0.717) is 23.6 Å². The molecule has 1 aliphatic carbocycles. The Morgan fingerprint density at radius 1 is 1.23 bits per heavy atom. The lowest BCUT2D eigenvalue weighted by Gasteiger charge is -2.30. The third-order valence-corrected chi connectivity index (χ3v) is 9.44. The highest BCUT2D eigenvalue weighted by molar-refractivity contribution is 7.21. The summed E-state index contributed by atoms with van der Waals surface area (Å²) >= 11 is 1.43. The van der Waals surface area contributed by atoms with Gasteiger partial charge in [0.15, 0.2) is 0 Å². The van der Waals surface area contributed by atoms with Crippen molar-refractivity contribution < 1.29 is 23.8 Å². The van der Waals surface area contributed by atoms with Crippen molar-refractivity contribution in [1.82, 2.24) is 9.38 Å². The van der Waals surface area contributed by atoms with E-state index in [-0.39, 0.29) is 23.3 Å². The molecule has 0 amide bonds. The summed E-state index contributed by atoms with van der Waals surface area (Å²) in [5.41, 5.74) is 1.67. The number of carbonyl (C=O) groups is 1. The molecule has 212 valence electrons. The zero-order chi connectivity index (χ0) is 28.6. The van der Waals surface area contributed by atoms with Gasteiger partial charge in [-0.25, -0.2) is 4.98 Å². The minimum atomic E-state index is -1.40. The van der Waals surface area contributed by atoms with Gasteiger partial charge in [-0.3, -0.25) is 14.0 Å². The Morgan fingerprint density at radius 2 is 1.95 bits per heavy atom. The molecule has 0 bridgehead atoms. The number of ether oxygens (including phenoxy) is 2. The summed E-state index contributed by atoms with van der Waals surface area (Å²) in [6, 6.07) is 7.86. The maximum Gasteiger partial charge on any atom is 0.313 e. The number of carboxylic acid groups (broad SMARTS) is 1. The average molecular weight is 565 g/mol. The Labute approximate surface area is 237 Å². The third kappa shape index (κ3) is 4.97. The highest BCUT2D eigenvalue weighted by Gasteiger charge is 2.37. The molecule has 40 heavy (non-hydrogen) atoms. The van der Waals surface area contributed by atoms with Gasteiger partial charge in [-0.2, -0.15) is 0 Å². The smallest absolute Gasteiger partial charge is 0.313 e. The van der Waals surface area contributed by atoms with Gasteiger partial charge in [-0.15, -0.1) is 11.3 Å². The molecule has 1 N–H and O–H groups in total. The van der Waals surface area contributed by atoms with Crippen molar-refractivity contribution in [3.8, 4) is 16.5 Å². The standard InChI is InChI=1S/C31H36N2O6S/c1-18-22(17-24(39-20-11-7-6-8-12-20)21-13-9-10-14-23(21)37-5)29-33(28(34)25(18)31(3,4)30(35)36)19(2)26(40-29)27-32-15-16-38-27/h9-10,13-16,20,24H,6-8,11-12,17H2,1-5H3,(H,35,36)/t24-/m0/s1. The van der Waals surface area contributed by atoms with Crippen LogP contribution in [0.25, 0.3) is 15.6 Å². The Kier molecular flexibility index (Phi) is 7.88. The number of pyridine rings is 1. The number of rotatable bonds is 9. The van der Waals surface area contributed by atoms with Crippen LogP contribution in [0.2, 0.25) is 0 Å². The highest BCUT2D eigenvalue weighted by atomic mass is 32.1. The van der Waals surface area contributed by atoms with Crippen LogP contribution in [0.3, 0.4) is 0 Å². The van der Waals surface area contributed by atoms with E-state index in [1.165, 1.54) is 24.0 Å². The molecule has 0 aliphatic heterocycles. The molecule has 1 fully saturated rings. The molecular formula is C31H36N2O6S. The summed E-state index contributed by atoms with van der Waals surface area (Å²) < 4.78 is 19.8. The van der Waals surface area contributed by atoms with Gasteiger partial charge < -0.3 is 19.0 Å². The van der Waals surface area contributed by atoms with E-state index in [2.05, 4.69) is 4.98 Å². The number of benzene rings is 1. The van der Waals surface area contributed by atoms with Gasteiger partial charge in [0, 0.05) is 23.2 Å². The molecule has 4 aromatic rings. The van der Waals surface area contributed by atoms with Crippen LogP contribution in [-0.4, -0.2) is 33.7 Å². The van der Waals surface area contributed by atoms with Crippen LogP contribution in [-0.2, 0) is 21.4 Å². The molecule has 9 heteroatoms. The number of aromatic nitrogens is 2. The molecule has 1 aromatic carbocycles. The SMILES string of the molecule is COc1ccccc1[C@H](Cc1c(C)c(C(C)(C)C(=O)O)c(=O)n2c(C)c(-c3ncco3)sc12)OC1CCCCC1. The van der Waals surface area contributed by atoms with E-state index in [9.17, 15) is 14.7 Å². The average Bonchev–Trinajstić information content (AvgIpc) is 3.59. The zero-order valence-corrected chi connectivity index (χ0v) is 24.5. The predicted octanol–water partition coefficient (Wildman–Crippen LogP) is 6.64. The van der Waals surface area contributed by atoms with E-state index in [1.54, 1.807) is 31.6 Å². The monoisotopic (exact) mass is 564 g/mol. The molecule has 0 saturated heterocycles. The number of methoxy groups -OCH3 is 1. The summed E-state index contributed by atoms with van der Waals surface area (Å²) in [6.45, 7) is 6.87. The van der Waals surface area contributed by atoms with Crippen molar-refractivity contribution in [3.05, 3.63) is 75.0 Å². The number of para-hydroxylation sites is 1. The van der Waals surface area contributed by atoms with E-state index in [0.717, 1.165) is 52.3 Å². The van der Waals surface area contributed by atoms with Crippen LogP contribution in [0.15, 0.2) is 45.9 Å². The number of aliphatic carboxylic acids is 1. The molecule has 1 atom stereocenters. The maximum atomic E-state index is 14.0. The Morgan fingerprint density at radius 3 is 2.60 bits per heavy atom. The van der Waals surface area contributed by atoms with E-state index < -0.39 is 11.4 Å². The topological polar surface area (TPSA) is 103 Å². The summed E-state index contributed by atoms with van der Waals surface area (Å²) in [6.07, 6.45) is 8.76. The number of oxazole rings is 1. The van der Waals surface area contributed by atoms with Gasteiger partial charge in [0.1, 0.15) is 21.7 Å². The molecule has 1 saturated carbocycles. The molecular weight excluding hydrogens is 528 g/mol. The second-order valence-electron chi connectivity index (χ2n) is 11.0. The minimum absolute atomic E-state index is 0.119. The van der Waals surface area contributed by atoms with Crippen LogP contribution in [0.5, 0.6) is 5.75 Å². The number of fused-ring (bicyclic) bond motifs is 1. The molecule has 0 radical (unpaired) electrons. The minimum Gasteiger partial charge on any atom is -0.496 e. The van der Waals surface area contributed by atoms with Crippen molar-refractivity contribution in [2.24, 2.45) is 0 Å². The fourth-order valence-electron chi connectivity index (χ4n) is 5.89. The Balaban J connectivity index is 1.75.